The zero-order valence-corrected chi connectivity index (χ0v) is 83.7. The number of ether oxygens (including phenoxy) is 1. The molecular weight excluding hydrogens is 2170 g/mol. The van der Waals surface area contributed by atoms with Crippen LogP contribution in [0.2, 0.25) is 0 Å². The second kappa shape index (κ2) is 49.3. The summed E-state index contributed by atoms with van der Waals surface area (Å²) in [7, 11) is -19.7. The summed E-state index contributed by atoms with van der Waals surface area (Å²) in [5.74, 6) is -9.71. The number of nitrogen functional groups attached to an aromatic ring is 3. The van der Waals surface area contributed by atoms with Crippen LogP contribution in [0.15, 0.2) is 149 Å². The molecule has 0 fully saturated rings. The van der Waals surface area contributed by atoms with Crippen LogP contribution in [0.5, 0.6) is 0 Å². The van der Waals surface area contributed by atoms with Crippen molar-refractivity contribution >= 4 is 192 Å². The van der Waals surface area contributed by atoms with Gasteiger partial charge in [-0.15, -0.1) is 24.0 Å². The van der Waals surface area contributed by atoms with Crippen LogP contribution in [-0.4, -0.2) is 167 Å². The smallest absolute Gasteiger partial charge is 0.334 e. The van der Waals surface area contributed by atoms with E-state index in [1.807, 2.05) is 28.7 Å². The predicted octanol–water partition coefficient (Wildman–Crippen LogP) is 17.6. The van der Waals surface area contributed by atoms with Crippen molar-refractivity contribution in [3.63, 3.8) is 0 Å². The average Bonchev–Trinajstić information content (AvgIpc) is 1.67. The molecular formula is C87H128F8I2N8O24S7. The summed E-state index contributed by atoms with van der Waals surface area (Å²) in [5, 5.41) is 46.9. The Labute approximate surface area is 839 Å². The third kappa shape index (κ3) is 39.2. The van der Waals surface area contributed by atoms with Gasteiger partial charge in [0.15, 0.2) is 74.6 Å². The maximum absolute atomic E-state index is 14.1. The molecule has 0 aliphatic heterocycles. The average molecular weight is 2300 g/mol. The fourth-order valence-electron chi connectivity index (χ4n) is 12.5. The molecule has 0 aromatic heterocycles. The number of rotatable bonds is 24. The van der Waals surface area contributed by atoms with E-state index in [9.17, 15) is 133 Å². The first kappa shape index (κ1) is 117. The number of esters is 1. The number of halogens is 10. The maximum Gasteiger partial charge on any atom is 0.334 e. The van der Waals surface area contributed by atoms with Gasteiger partial charge >= 0.3 is 11.9 Å². The molecule has 32 nitrogen and oxygen atoms in total. The largest absolute Gasteiger partial charge is 0.478 e. The van der Waals surface area contributed by atoms with Gasteiger partial charge < -0.3 is 31.9 Å². The van der Waals surface area contributed by atoms with E-state index in [2.05, 4.69) is 0 Å². The molecule has 772 valence electrons. The SMILES string of the molecule is CCOC(=O)C1=Cc2cc(F)c(CS(C)(=O)=O)cc2C1.CN(C)C=C(C#N)C(=O)C1=Cc2cc(F)c(CS(C)(=O)=O)cc2C1.CS(=O)(=O)Cc1cc(N)c(I)cc1F.CS(=O)(=O)Cc1cc(N)ccc1F.CS(=O)(=O)Cc1cc([N+](=O)[O-])ccc1F.CS(=O)(=O)Cc1cc2c(cc1F)C=C(C(=O)CC#N)C2.CS(=O)(=O)Cc1cc2c(cc1F)C=C(C(=O)O)C2.I.Nc1cc([N+](=O)[O-])ccc1F.[HH].[HH].[HH].[HH].[HH].[HH].[HH].[HH].[HH].[HH].[HH].[HH].[HH].[HH].[HH].[HH].[HH].[HH].[HH].[HH]. The number of carbonyl (C=O) groups excluding carboxylic acids is 3. The first-order valence-electron chi connectivity index (χ1n) is 38.4. The van der Waals surface area contributed by atoms with Gasteiger partial charge in [-0.05, 0) is 165 Å². The lowest BCUT2D eigenvalue weighted by Crippen LogP contribution is -2.10. The zero-order valence-electron chi connectivity index (χ0n) is 73.5. The van der Waals surface area contributed by atoms with Crippen LogP contribution >= 0.6 is 46.6 Å². The van der Waals surface area contributed by atoms with Crippen molar-refractivity contribution in [1.29, 1.82) is 10.5 Å². The Morgan fingerprint density at radius 3 is 1.10 bits per heavy atom. The Kier molecular flexibility index (Phi) is 42.3. The Morgan fingerprint density at radius 2 is 0.757 bits per heavy atom. The number of fused-ring (bicyclic) bond motifs is 4. The second-order valence-corrected chi connectivity index (χ2v) is 47.1. The lowest BCUT2D eigenvalue weighted by Gasteiger charge is -2.07. The summed E-state index contributed by atoms with van der Waals surface area (Å²) in [6.45, 7) is 1.99. The first-order chi connectivity index (χ1) is 62.0. The number of carboxylic acid groups (broad SMARTS) is 1. The first-order valence-corrected chi connectivity index (χ1v) is 53.9. The highest BCUT2D eigenvalue weighted by atomic mass is 127. The van der Waals surface area contributed by atoms with Gasteiger partial charge in [0, 0.05) is 219 Å². The molecule has 0 bridgehead atoms. The predicted molar refractivity (Wildman–Crippen MR) is 557 cm³/mol. The zero-order chi connectivity index (χ0) is 102. The molecule has 12 rings (SSSR count). The lowest BCUT2D eigenvalue weighted by molar-refractivity contribution is -0.385. The van der Waals surface area contributed by atoms with E-state index < -0.39 is 149 Å². The number of aliphatic carboxylic acids is 1. The molecule has 0 unspecified atom stereocenters. The van der Waals surface area contributed by atoms with E-state index in [1.54, 1.807) is 50.2 Å². The highest BCUT2D eigenvalue weighted by Gasteiger charge is 2.29. The summed E-state index contributed by atoms with van der Waals surface area (Å²) >= 11 is 1.89. The van der Waals surface area contributed by atoms with Crippen molar-refractivity contribution in [2.24, 2.45) is 0 Å². The minimum atomic E-state index is -3.40. The molecule has 4 aliphatic rings. The molecule has 0 radical (unpaired) electrons. The molecule has 0 atom stereocenters. The minimum absolute atomic E-state index is 0. The summed E-state index contributed by atoms with van der Waals surface area (Å²) in [4.78, 5) is 67.2. The standard InChI is InChI=1S/C17H17FN2O3S.C14H12FNO3S.C14H15FO4S.C12H11FO4S.C8H9FINO2S.C8H8FNO4S.C8H10FNO2S.C6H5FN2O2.HI.20H2/c1-20(2)9-15(8-19)17(21)13-4-11-6-14(10-24(3,22)23)16(18)7-12(11)5-13;1-20(18,19)8-12-6-9-4-11(14(17)2-3-16)5-10(9)7-13(12)15;1-3-19-14(16)11-4-9-6-12(8-20(2,17)18)13(15)7-10(9)5-11;1-18(16,17)6-10-4-7-2-9(12(14)15)3-8(7)5-11(10)13;1-14(12,13)4-5-2-8(11)7(10)3-6(5)9;1-15(13,14)5-6-4-7(10(11)12)2-3-8(6)9;1-13(11,12)5-6-4-7(10)2-3-8(6)9;7-5-2-1-4(9(10)11)3-6(5)8;;;;;;;;;;;;;;;;;;;;;/h5-7,9H,4,10H2,1-3H3;5-7H,2,4,8H2,1H3;5-7H,3-4,8H2,1-2H3;3-5H,2,6H2,1H3,(H,14,15);2-3H,4,11H2,1H3;2-4H,5H2,1H3;2-4H,5,10H2,1H3;1-3H,8H2;21*1H. The molecule has 8 aromatic rings. The lowest BCUT2D eigenvalue weighted by atomic mass is 10.0. The van der Waals surface area contributed by atoms with Crippen molar-refractivity contribution in [2.45, 2.75) is 79.3 Å². The molecule has 0 spiro atoms. The van der Waals surface area contributed by atoms with E-state index in [0.717, 1.165) is 91.8 Å². The van der Waals surface area contributed by atoms with E-state index in [1.165, 1.54) is 85.1 Å². The molecule has 0 saturated carbocycles. The number of carboxylic acids is 1. The number of nitro groups is 2. The van der Waals surface area contributed by atoms with Gasteiger partial charge in [0.1, 0.15) is 58.2 Å². The molecule has 136 heavy (non-hydrogen) atoms. The van der Waals surface area contributed by atoms with Crippen molar-refractivity contribution in [2.75, 3.05) is 81.7 Å². The summed E-state index contributed by atoms with van der Waals surface area (Å²) in [6, 6.07) is 26.8. The summed E-state index contributed by atoms with van der Waals surface area (Å²) < 4.78 is 268. The van der Waals surface area contributed by atoms with Gasteiger partial charge in [-0.1, -0.05) is 24.3 Å². The molecule has 7 N–H and O–H groups in total. The fourth-order valence-corrected chi connectivity index (χ4v) is 18.4. The number of hydrogen-bond donors (Lipinski definition) is 4. The van der Waals surface area contributed by atoms with Crippen molar-refractivity contribution in [3.8, 4) is 12.1 Å². The normalized spacial score (nSPS) is 12.7. The van der Waals surface area contributed by atoms with Crippen LogP contribution in [-0.2, 0) is 159 Å². The number of anilines is 3. The molecule has 8 aromatic carbocycles. The Hall–Kier alpha value is -11.7. The molecule has 0 heterocycles. The molecule has 0 amide bonds. The Bertz CT molecular complexity index is 7280. The maximum atomic E-state index is 14.1. The fraction of sp³-hybridized carbons (Fsp3) is 0.264. The number of ketones is 2. The monoisotopic (exact) mass is 2300 g/mol. The quantitative estimate of drug-likeness (QED) is 0.00638. The highest BCUT2D eigenvalue weighted by Crippen LogP contribution is 2.35. The number of benzene rings is 8. The number of nitro benzene ring substituents is 2. The summed E-state index contributed by atoms with van der Waals surface area (Å²) in [6.07, 6.45) is 15.6. The number of sulfone groups is 7. The number of carbonyl (C=O) groups is 4. The van der Waals surface area contributed by atoms with Crippen molar-refractivity contribution in [1.82, 2.24) is 4.90 Å². The van der Waals surface area contributed by atoms with Crippen LogP contribution in [0.3, 0.4) is 0 Å². The third-order valence-electron chi connectivity index (χ3n) is 18.1. The highest BCUT2D eigenvalue weighted by molar-refractivity contribution is 14.1. The number of nitriles is 2. The second-order valence-electron chi connectivity index (χ2n) is 31.0. The van der Waals surface area contributed by atoms with Crippen LogP contribution in [0.4, 0.5) is 63.6 Å². The van der Waals surface area contributed by atoms with Crippen LogP contribution in [0, 0.1) is 93.0 Å². The van der Waals surface area contributed by atoms with E-state index in [-0.39, 0.29) is 186 Å². The molecule has 0 saturated heterocycles. The van der Waals surface area contributed by atoms with Crippen LogP contribution in [0.25, 0.3) is 24.3 Å². The van der Waals surface area contributed by atoms with Gasteiger partial charge in [0.2, 0.25) is 5.78 Å². The van der Waals surface area contributed by atoms with E-state index in [0.29, 0.717) is 83.5 Å². The Morgan fingerprint density at radius 1 is 0.449 bits per heavy atom. The number of hydrogen-bond acceptors (Lipinski definition) is 29. The number of allylic oxidation sites excluding steroid dienone is 3. The molecule has 4 aliphatic carbocycles. The van der Waals surface area contributed by atoms with Gasteiger partial charge in [-0.2, -0.15) is 10.5 Å². The van der Waals surface area contributed by atoms with Crippen molar-refractivity contribution < 1.29 is 161 Å². The van der Waals surface area contributed by atoms with E-state index in [4.69, 9.17) is 37.6 Å². The van der Waals surface area contributed by atoms with Gasteiger partial charge in [-0.25, -0.2) is 104 Å². The number of nitrogens with two attached hydrogens (primary N) is 3. The number of non-ortho nitro benzene ring substituents is 2. The van der Waals surface area contributed by atoms with Crippen LogP contribution in [0.1, 0.15) is 125 Å². The minimum Gasteiger partial charge on any atom is -0.478 e. The molecule has 49 heteroatoms. The summed E-state index contributed by atoms with van der Waals surface area (Å²) in [5.41, 5.74) is 22.9. The number of Topliss-reactive ketones (excluding diaryl/α,β-unsaturated/α-hetero) is 2. The topological polar surface area (TPSA) is 552 Å². The van der Waals surface area contributed by atoms with Gasteiger partial charge in [0.05, 0.1) is 74.9 Å². The third-order valence-corrected chi connectivity index (χ3v) is 24.9. The van der Waals surface area contributed by atoms with E-state index >= 15 is 0 Å². The Balaban J connectivity index is -0.0000000934. The van der Waals surface area contributed by atoms with Gasteiger partial charge in [-0.3, -0.25) is 29.8 Å². The van der Waals surface area contributed by atoms with Crippen LogP contribution < -0.4 is 17.2 Å². The van der Waals surface area contributed by atoms with Gasteiger partial charge in [0.25, 0.3) is 11.4 Å². The van der Waals surface area contributed by atoms with Crippen molar-refractivity contribution in [3.05, 3.63) is 303 Å². The number of nitrogens with zero attached hydrogens (tertiary/aromatic N) is 5.